The highest BCUT2D eigenvalue weighted by molar-refractivity contribution is 7.10. The van der Waals surface area contributed by atoms with E-state index in [2.05, 4.69) is 5.32 Å². The number of aliphatic carboxylic acids is 1. The number of carboxylic acid groups (broad SMARTS) is 1. The molecule has 1 aromatic rings. The predicted octanol–water partition coefficient (Wildman–Crippen LogP) is 2.51. The van der Waals surface area contributed by atoms with E-state index in [9.17, 15) is 9.59 Å². The molecule has 2 N–H and O–H groups in total. The van der Waals surface area contributed by atoms with Crippen molar-refractivity contribution in [1.82, 2.24) is 5.32 Å². The molecule has 2 saturated carbocycles. The summed E-state index contributed by atoms with van der Waals surface area (Å²) in [5.41, 5.74) is 0.869. The van der Waals surface area contributed by atoms with Crippen molar-refractivity contribution >= 4 is 29.3 Å². The minimum Gasteiger partial charge on any atom is -0.478 e. The number of nitrogens with one attached hydrogen (secondary N) is 1. The number of rotatable bonds is 5. The Balaban J connectivity index is 1.55. The number of hydrogen-bond donors (Lipinski definition) is 2. The zero-order valence-corrected chi connectivity index (χ0v) is 11.9. The largest absolute Gasteiger partial charge is 0.478 e. The number of amides is 1. The van der Waals surface area contributed by atoms with Crippen LogP contribution >= 0.6 is 11.3 Å². The minimum atomic E-state index is -0.961. The van der Waals surface area contributed by atoms with E-state index in [1.54, 1.807) is 6.08 Å². The quantitative estimate of drug-likeness (QED) is 0.819. The van der Waals surface area contributed by atoms with Gasteiger partial charge >= 0.3 is 5.97 Å². The maximum absolute atomic E-state index is 12.1. The summed E-state index contributed by atoms with van der Waals surface area (Å²) in [5, 5.41) is 13.5. The normalized spacial score (nSPS) is 27.5. The van der Waals surface area contributed by atoms with Gasteiger partial charge in [-0.25, -0.2) is 4.79 Å². The molecular formula is C15H17NO3S. The Morgan fingerprint density at radius 2 is 2.15 bits per heavy atom. The first kappa shape index (κ1) is 13.4. The Bertz CT molecular complexity index is 553. The number of hydrogen-bond acceptors (Lipinski definition) is 3. The first-order valence-electron chi connectivity index (χ1n) is 6.92. The highest BCUT2D eigenvalue weighted by Crippen LogP contribution is 2.57. The molecule has 3 rings (SSSR count). The van der Waals surface area contributed by atoms with E-state index in [-0.39, 0.29) is 11.8 Å². The molecule has 2 aliphatic rings. The van der Waals surface area contributed by atoms with Crippen molar-refractivity contribution in [3.63, 3.8) is 0 Å². The van der Waals surface area contributed by atoms with Crippen LogP contribution in [0.2, 0.25) is 0 Å². The Labute approximate surface area is 121 Å². The van der Waals surface area contributed by atoms with Crippen molar-refractivity contribution in [2.24, 2.45) is 17.8 Å². The fourth-order valence-electron chi connectivity index (χ4n) is 3.30. The third-order valence-electron chi connectivity index (χ3n) is 4.32. The molecule has 0 saturated heterocycles. The molecule has 2 unspecified atom stereocenters. The zero-order chi connectivity index (χ0) is 14.1. The average molecular weight is 291 g/mol. The van der Waals surface area contributed by atoms with E-state index in [0.29, 0.717) is 18.4 Å². The molecule has 1 heterocycles. The molecule has 0 radical (unpaired) electrons. The lowest BCUT2D eigenvalue weighted by molar-refractivity contribution is -0.131. The molecular weight excluding hydrogens is 274 g/mol. The summed E-state index contributed by atoms with van der Waals surface area (Å²) in [4.78, 5) is 23.6. The molecule has 1 aromatic heterocycles. The van der Waals surface area contributed by atoms with E-state index >= 15 is 0 Å². The molecule has 0 bridgehead atoms. The van der Waals surface area contributed by atoms with Crippen LogP contribution in [-0.4, -0.2) is 17.0 Å². The molecule has 0 aliphatic heterocycles. The molecule has 20 heavy (non-hydrogen) atoms. The second kappa shape index (κ2) is 5.40. The van der Waals surface area contributed by atoms with Crippen LogP contribution in [0.3, 0.4) is 0 Å². The van der Waals surface area contributed by atoms with Crippen LogP contribution in [0.1, 0.15) is 29.7 Å². The van der Waals surface area contributed by atoms with Gasteiger partial charge in [-0.1, -0.05) is 6.42 Å². The maximum Gasteiger partial charge on any atom is 0.328 e. The molecule has 2 fully saturated rings. The summed E-state index contributed by atoms with van der Waals surface area (Å²) < 4.78 is 0. The van der Waals surface area contributed by atoms with Crippen LogP contribution in [0.5, 0.6) is 0 Å². The van der Waals surface area contributed by atoms with Crippen LogP contribution in [0.15, 0.2) is 17.5 Å². The molecule has 2 atom stereocenters. The lowest BCUT2D eigenvalue weighted by Gasteiger charge is -2.06. The van der Waals surface area contributed by atoms with Gasteiger partial charge in [0.25, 0.3) is 0 Å². The molecule has 2 aliphatic carbocycles. The zero-order valence-electron chi connectivity index (χ0n) is 11.0. The minimum absolute atomic E-state index is 0.168. The Kier molecular flexibility index (Phi) is 3.61. The third kappa shape index (κ3) is 2.63. The van der Waals surface area contributed by atoms with Crippen LogP contribution < -0.4 is 5.32 Å². The number of carbonyl (C=O) groups is 2. The molecule has 4 nitrogen and oxygen atoms in total. The lowest BCUT2D eigenvalue weighted by atomic mass is 10.1. The summed E-state index contributed by atoms with van der Waals surface area (Å²) in [6.07, 6.45) is 6.38. The molecule has 106 valence electrons. The summed E-state index contributed by atoms with van der Waals surface area (Å²) in [5.74, 6) is 0.703. The van der Waals surface area contributed by atoms with Gasteiger partial charge in [0.1, 0.15) is 0 Å². The highest BCUT2D eigenvalue weighted by Gasteiger charge is 2.56. The van der Waals surface area contributed by atoms with Gasteiger partial charge in [-0.2, -0.15) is 0 Å². The smallest absolute Gasteiger partial charge is 0.328 e. The second-order valence-electron chi connectivity index (χ2n) is 5.47. The summed E-state index contributed by atoms with van der Waals surface area (Å²) in [6, 6.07) is 1.87. The molecule has 5 heteroatoms. The van der Waals surface area contributed by atoms with Gasteiger partial charge in [-0.15, -0.1) is 11.3 Å². The average Bonchev–Trinajstić information content (AvgIpc) is 2.82. The van der Waals surface area contributed by atoms with Crippen LogP contribution in [0.4, 0.5) is 0 Å². The van der Waals surface area contributed by atoms with Crippen molar-refractivity contribution in [2.45, 2.75) is 25.8 Å². The number of carboxylic acids is 1. The Hall–Kier alpha value is -1.62. The first-order chi connectivity index (χ1) is 9.66. The van der Waals surface area contributed by atoms with Crippen molar-refractivity contribution < 1.29 is 14.7 Å². The van der Waals surface area contributed by atoms with Gasteiger partial charge < -0.3 is 10.4 Å². The van der Waals surface area contributed by atoms with Gasteiger partial charge in [-0.3, -0.25) is 4.79 Å². The Morgan fingerprint density at radius 3 is 2.85 bits per heavy atom. The topological polar surface area (TPSA) is 66.4 Å². The van der Waals surface area contributed by atoms with Gasteiger partial charge in [0.05, 0.1) is 6.54 Å². The van der Waals surface area contributed by atoms with E-state index in [1.165, 1.54) is 30.6 Å². The SMILES string of the molecule is O=C(O)/C=C/c1ccsc1CNC(=O)C1C2CCCC21. The lowest BCUT2D eigenvalue weighted by Crippen LogP contribution is -2.26. The van der Waals surface area contributed by atoms with Gasteiger partial charge in [0.15, 0.2) is 0 Å². The summed E-state index contributed by atoms with van der Waals surface area (Å²) in [7, 11) is 0. The van der Waals surface area contributed by atoms with Crippen molar-refractivity contribution in [2.75, 3.05) is 0 Å². The summed E-state index contributed by atoms with van der Waals surface area (Å²) >= 11 is 1.54. The third-order valence-corrected chi connectivity index (χ3v) is 5.25. The van der Waals surface area contributed by atoms with Crippen molar-refractivity contribution in [3.8, 4) is 0 Å². The van der Waals surface area contributed by atoms with E-state index < -0.39 is 5.97 Å². The first-order valence-corrected chi connectivity index (χ1v) is 7.80. The van der Waals surface area contributed by atoms with E-state index in [1.807, 2.05) is 11.4 Å². The van der Waals surface area contributed by atoms with Crippen LogP contribution in [-0.2, 0) is 16.1 Å². The number of thiophene rings is 1. The van der Waals surface area contributed by atoms with Gasteiger partial charge in [0.2, 0.25) is 5.91 Å². The van der Waals surface area contributed by atoms with Crippen LogP contribution in [0.25, 0.3) is 6.08 Å². The highest BCUT2D eigenvalue weighted by atomic mass is 32.1. The number of fused-ring (bicyclic) bond motifs is 1. The second-order valence-corrected chi connectivity index (χ2v) is 6.47. The Morgan fingerprint density at radius 1 is 1.40 bits per heavy atom. The summed E-state index contributed by atoms with van der Waals surface area (Å²) in [6.45, 7) is 0.492. The molecule has 0 aromatic carbocycles. The fourth-order valence-corrected chi connectivity index (χ4v) is 4.11. The van der Waals surface area contributed by atoms with Crippen molar-refractivity contribution in [3.05, 3.63) is 28.0 Å². The fraction of sp³-hybridized carbons (Fsp3) is 0.467. The predicted molar refractivity (Wildman–Crippen MR) is 77.2 cm³/mol. The maximum atomic E-state index is 12.1. The number of carbonyl (C=O) groups excluding carboxylic acids is 1. The standard InChI is InChI=1S/C15H17NO3S/c17-13(18)5-4-9-6-7-20-12(9)8-16-15(19)14-10-2-1-3-11(10)14/h4-7,10-11,14H,1-3,8H2,(H,16,19)(H,17,18)/b5-4+. The van der Waals surface area contributed by atoms with Crippen LogP contribution in [0, 0.1) is 17.8 Å². The van der Waals surface area contributed by atoms with Gasteiger partial charge in [0, 0.05) is 16.9 Å². The van der Waals surface area contributed by atoms with Gasteiger partial charge in [-0.05, 0) is 47.8 Å². The van der Waals surface area contributed by atoms with E-state index in [0.717, 1.165) is 16.5 Å². The van der Waals surface area contributed by atoms with E-state index in [4.69, 9.17) is 5.11 Å². The van der Waals surface area contributed by atoms with Crippen molar-refractivity contribution in [1.29, 1.82) is 0 Å². The molecule has 1 amide bonds. The monoisotopic (exact) mass is 291 g/mol. The molecule has 0 spiro atoms.